The molecule has 0 aliphatic carbocycles. The monoisotopic (exact) mass is 596 g/mol. The molecule has 2 aromatic rings. The summed E-state index contributed by atoms with van der Waals surface area (Å²) in [6, 6.07) is 0.00186. The van der Waals surface area contributed by atoms with Crippen molar-refractivity contribution in [1.29, 1.82) is 0 Å². The number of aliphatic carboxylic acids is 2. The minimum atomic E-state index is -0.867. The Bertz CT molecular complexity index is 1370. The lowest BCUT2D eigenvalue weighted by Gasteiger charge is -2.19. The average Bonchev–Trinajstić information content (AvgIpc) is 3.59. The number of H-pyrrole nitrogens is 2. The van der Waals surface area contributed by atoms with Gasteiger partial charge in [0.2, 0.25) is 11.8 Å². The van der Waals surface area contributed by atoms with Crippen molar-refractivity contribution in [2.24, 2.45) is 23.7 Å². The van der Waals surface area contributed by atoms with E-state index in [2.05, 4.69) is 34.4 Å². The first-order valence-corrected chi connectivity index (χ1v) is 15.8. The Hall–Kier alpha value is -3.56. The van der Waals surface area contributed by atoms with Gasteiger partial charge in [0.15, 0.2) is 0 Å². The maximum atomic E-state index is 12.5. The average molecular weight is 597 g/mol. The Kier molecular flexibility index (Phi) is 10.1. The van der Waals surface area contributed by atoms with E-state index in [1.165, 1.54) is 0 Å². The number of carbonyl (C=O) groups excluding carboxylic acids is 2. The minimum absolute atomic E-state index is 0.00134. The van der Waals surface area contributed by atoms with Crippen molar-refractivity contribution < 1.29 is 29.4 Å². The smallest absolute Gasteiger partial charge is 0.303 e. The lowest BCUT2D eigenvalue weighted by atomic mass is 9.87. The van der Waals surface area contributed by atoms with Gasteiger partial charge in [0, 0.05) is 78.8 Å². The van der Waals surface area contributed by atoms with Crippen LogP contribution in [-0.4, -0.2) is 56.0 Å². The van der Waals surface area contributed by atoms with Crippen molar-refractivity contribution in [3.05, 3.63) is 45.0 Å². The zero-order valence-corrected chi connectivity index (χ0v) is 26.4. The van der Waals surface area contributed by atoms with E-state index < -0.39 is 11.9 Å². The molecule has 0 unspecified atom stereocenters. The molecule has 2 saturated heterocycles. The van der Waals surface area contributed by atoms with E-state index in [0.717, 1.165) is 57.9 Å². The van der Waals surface area contributed by atoms with E-state index in [9.17, 15) is 29.4 Å². The van der Waals surface area contributed by atoms with Gasteiger partial charge in [-0.05, 0) is 67.2 Å². The van der Waals surface area contributed by atoms with Gasteiger partial charge in [0.1, 0.15) is 0 Å². The highest BCUT2D eigenvalue weighted by Crippen LogP contribution is 2.33. The summed E-state index contributed by atoms with van der Waals surface area (Å²) in [4.78, 5) is 55.3. The molecule has 10 nitrogen and oxygen atoms in total. The Labute approximate surface area is 253 Å². The molecule has 0 spiro atoms. The highest BCUT2D eigenvalue weighted by molar-refractivity contribution is 5.82. The molecule has 2 aromatic heterocycles. The van der Waals surface area contributed by atoms with Gasteiger partial charge in [-0.15, -0.1) is 0 Å². The van der Waals surface area contributed by atoms with Crippen LogP contribution in [0.15, 0.2) is 0 Å². The summed E-state index contributed by atoms with van der Waals surface area (Å²) < 4.78 is 0. The maximum Gasteiger partial charge on any atom is 0.303 e. The van der Waals surface area contributed by atoms with Gasteiger partial charge in [-0.2, -0.15) is 0 Å². The summed E-state index contributed by atoms with van der Waals surface area (Å²) in [5.74, 6) is -1.22. The van der Waals surface area contributed by atoms with E-state index in [4.69, 9.17) is 0 Å². The Balaban J connectivity index is 1.68. The third-order valence-electron chi connectivity index (χ3n) is 10.3. The molecule has 2 aliphatic heterocycles. The Morgan fingerprint density at radius 1 is 0.721 bits per heavy atom. The van der Waals surface area contributed by atoms with Gasteiger partial charge in [0.25, 0.3) is 0 Å². The lowest BCUT2D eigenvalue weighted by Crippen LogP contribution is -2.31. The molecule has 2 fully saturated rings. The fourth-order valence-corrected chi connectivity index (χ4v) is 7.53. The molecule has 0 bridgehead atoms. The van der Waals surface area contributed by atoms with E-state index in [0.29, 0.717) is 32.1 Å². The van der Waals surface area contributed by atoms with Crippen LogP contribution in [0.3, 0.4) is 0 Å². The molecule has 6 atom stereocenters. The molecule has 43 heavy (non-hydrogen) atoms. The molecule has 4 heterocycles. The van der Waals surface area contributed by atoms with Crippen LogP contribution in [0.5, 0.6) is 0 Å². The summed E-state index contributed by atoms with van der Waals surface area (Å²) in [6.45, 7) is 12.2. The lowest BCUT2D eigenvalue weighted by molar-refractivity contribution is -0.138. The van der Waals surface area contributed by atoms with E-state index >= 15 is 0 Å². The second-order valence-corrected chi connectivity index (χ2v) is 12.7. The molecular weight excluding hydrogens is 548 g/mol. The van der Waals surface area contributed by atoms with Gasteiger partial charge < -0.3 is 30.8 Å². The molecule has 0 radical (unpaired) electrons. The maximum absolute atomic E-state index is 12.5. The Morgan fingerprint density at radius 3 is 1.65 bits per heavy atom. The van der Waals surface area contributed by atoms with Crippen molar-refractivity contribution in [2.75, 3.05) is 0 Å². The summed E-state index contributed by atoms with van der Waals surface area (Å²) in [6.07, 6.45) is 4.17. The first-order chi connectivity index (χ1) is 20.4. The standard InChI is InChI=1S/C33H48N4O6/c1-7-20-19(6)32(42)37-27(20)14-25-18(5)23(10-12-31(40)41)29(35-25)15-28-22(9-11-30(38)39)17(4)24(34-28)13-26-16(3)21(8-2)33(43)36-26/h16,19-21,26-27,34-35H,7-15H2,1-6H3,(H,36,43)(H,37,42)(H,38,39)(H,40,41)/t16-,19-,20-,21-,26+,27+/m1/s1. The van der Waals surface area contributed by atoms with Crippen LogP contribution in [0.4, 0.5) is 0 Å². The fourth-order valence-electron chi connectivity index (χ4n) is 7.53. The number of hydrogen-bond donors (Lipinski definition) is 6. The molecule has 2 aliphatic rings. The molecule has 10 heteroatoms. The molecular formula is C33H48N4O6. The molecule has 0 aromatic carbocycles. The van der Waals surface area contributed by atoms with Gasteiger partial charge in [0.05, 0.1) is 0 Å². The summed E-state index contributed by atoms with van der Waals surface area (Å²) in [5, 5.41) is 25.3. The van der Waals surface area contributed by atoms with Crippen molar-refractivity contribution in [1.82, 2.24) is 20.6 Å². The summed E-state index contributed by atoms with van der Waals surface area (Å²) in [5.41, 5.74) is 7.77. The zero-order valence-electron chi connectivity index (χ0n) is 26.4. The predicted molar refractivity (Wildman–Crippen MR) is 163 cm³/mol. The second kappa shape index (κ2) is 13.4. The first-order valence-electron chi connectivity index (χ1n) is 15.8. The summed E-state index contributed by atoms with van der Waals surface area (Å²) >= 11 is 0. The molecule has 236 valence electrons. The van der Waals surface area contributed by atoms with Crippen LogP contribution in [0.1, 0.15) is 98.4 Å². The van der Waals surface area contributed by atoms with Gasteiger partial charge >= 0.3 is 11.9 Å². The number of amides is 2. The number of aromatic nitrogens is 2. The molecule has 6 N–H and O–H groups in total. The number of carbonyl (C=O) groups is 4. The largest absolute Gasteiger partial charge is 0.481 e. The predicted octanol–water partition coefficient (Wildman–Crippen LogP) is 3.99. The molecule has 2 amide bonds. The third-order valence-corrected chi connectivity index (χ3v) is 10.3. The van der Waals surface area contributed by atoms with Gasteiger partial charge in [-0.25, -0.2) is 0 Å². The zero-order chi connectivity index (χ0) is 31.6. The molecule has 4 rings (SSSR count). The van der Waals surface area contributed by atoms with Crippen LogP contribution >= 0.6 is 0 Å². The van der Waals surface area contributed by atoms with E-state index in [-0.39, 0.29) is 60.4 Å². The van der Waals surface area contributed by atoms with Crippen LogP contribution in [-0.2, 0) is 51.3 Å². The topological polar surface area (TPSA) is 164 Å². The van der Waals surface area contributed by atoms with E-state index in [1.54, 1.807) is 0 Å². The van der Waals surface area contributed by atoms with Gasteiger partial charge in [-0.1, -0.05) is 34.1 Å². The number of hydrogen-bond acceptors (Lipinski definition) is 4. The number of rotatable bonds is 14. The highest BCUT2D eigenvalue weighted by Gasteiger charge is 2.39. The Morgan fingerprint density at radius 2 is 1.21 bits per heavy atom. The van der Waals surface area contributed by atoms with Crippen molar-refractivity contribution in [3.8, 4) is 0 Å². The quantitative estimate of drug-likeness (QED) is 0.193. The SMILES string of the molecule is CC[C@H]1[C@H](Cc2[nH]c(Cc3[nH]c(C[C@@H]4NC(=O)[C@H](CC)[C@H]4C)c(C)c3CCC(=O)O)c(CCC(=O)O)c2C)NC(=O)[C@@H]1C. The number of aromatic amines is 2. The first kappa shape index (κ1) is 32.4. The van der Waals surface area contributed by atoms with Crippen LogP contribution < -0.4 is 10.6 Å². The fraction of sp³-hybridized carbons (Fsp3) is 0.636. The number of carboxylic acid groups (broad SMARTS) is 2. The van der Waals surface area contributed by atoms with Crippen molar-refractivity contribution in [2.45, 2.75) is 111 Å². The normalized spacial score (nSPS) is 25.3. The number of carboxylic acids is 2. The van der Waals surface area contributed by atoms with Crippen LogP contribution in [0.25, 0.3) is 0 Å². The van der Waals surface area contributed by atoms with Crippen LogP contribution in [0, 0.1) is 37.5 Å². The highest BCUT2D eigenvalue weighted by atomic mass is 16.4. The van der Waals surface area contributed by atoms with E-state index in [1.807, 2.05) is 27.7 Å². The minimum Gasteiger partial charge on any atom is -0.481 e. The van der Waals surface area contributed by atoms with Crippen molar-refractivity contribution >= 4 is 23.8 Å². The van der Waals surface area contributed by atoms with Crippen molar-refractivity contribution in [3.63, 3.8) is 0 Å². The molecule has 0 saturated carbocycles. The number of nitrogens with one attached hydrogen (secondary N) is 4. The third kappa shape index (κ3) is 6.83. The second-order valence-electron chi connectivity index (χ2n) is 12.7. The summed E-state index contributed by atoms with van der Waals surface area (Å²) in [7, 11) is 0. The van der Waals surface area contributed by atoms with Gasteiger partial charge in [-0.3, -0.25) is 19.2 Å². The van der Waals surface area contributed by atoms with Crippen LogP contribution in [0.2, 0.25) is 0 Å².